The molecule has 3 aromatic rings. The summed E-state index contributed by atoms with van der Waals surface area (Å²) >= 11 is 18.1. The molecule has 0 saturated carbocycles. The topological polar surface area (TPSA) is 13.1 Å². The number of fused-ring (bicyclic) bond motifs is 3. The van der Waals surface area contributed by atoms with Gasteiger partial charge in [-0.2, -0.15) is 0 Å². The first-order chi connectivity index (χ1) is 7.66. The molecule has 0 spiro atoms. The zero-order valence-corrected chi connectivity index (χ0v) is 10.2. The number of furan rings is 1. The van der Waals surface area contributed by atoms with Gasteiger partial charge in [0.25, 0.3) is 0 Å². The van der Waals surface area contributed by atoms with Crippen molar-refractivity contribution in [3.8, 4) is 0 Å². The summed E-state index contributed by atoms with van der Waals surface area (Å²) in [5.74, 6) is 0. The van der Waals surface area contributed by atoms with Crippen molar-refractivity contribution in [3.05, 3.63) is 45.4 Å². The molecule has 80 valence electrons. The summed E-state index contributed by atoms with van der Waals surface area (Å²) in [6.45, 7) is 0. The molecule has 16 heavy (non-hydrogen) atoms. The third kappa shape index (κ3) is 1.40. The Bertz CT molecular complexity index is 700. The standard InChI is InChI=1S/C12H5Cl3O/c13-6-4-8-7-2-1-3-9(14)11(7)16-12(8)10(15)5-6/h1-5H. The molecule has 1 aromatic heterocycles. The Labute approximate surface area is 106 Å². The van der Waals surface area contributed by atoms with Gasteiger partial charge in [0.1, 0.15) is 0 Å². The lowest BCUT2D eigenvalue weighted by atomic mass is 10.1. The summed E-state index contributed by atoms with van der Waals surface area (Å²) in [6.07, 6.45) is 0. The molecule has 3 rings (SSSR count). The molecule has 1 heterocycles. The zero-order chi connectivity index (χ0) is 11.3. The van der Waals surface area contributed by atoms with Crippen LogP contribution in [0.3, 0.4) is 0 Å². The van der Waals surface area contributed by atoms with E-state index >= 15 is 0 Å². The van der Waals surface area contributed by atoms with Crippen molar-refractivity contribution in [2.45, 2.75) is 0 Å². The first kappa shape index (κ1) is 10.3. The highest BCUT2D eigenvalue weighted by atomic mass is 35.5. The fraction of sp³-hybridized carbons (Fsp3) is 0. The van der Waals surface area contributed by atoms with Crippen molar-refractivity contribution in [2.75, 3.05) is 0 Å². The molecule has 0 aliphatic rings. The van der Waals surface area contributed by atoms with Crippen molar-refractivity contribution in [3.63, 3.8) is 0 Å². The van der Waals surface area contributed by atoms with Crippen LogP contribution in [0.25, 0.3) is 21.9 Å². The summed E-state index contributed by atoms with van der Waals surface area (Å²) in [4.78, 5) is 0. The molecule has 0 radical (unpaired) electrons. The Morgan fingerprint density at radius 2 is 1.56 bits per heavy atom. The molecule has 4 heteroatoms. The van der Waals surface area contributed by atoms with E-state index in [0.29, 0.717) is 26.2 Å². The van der Waals surface area contributed by atoms with E-state index in [4.69, 9.17) is 39.2 Å². The highest BCUT2D eigenvalue weighted by molar-refractivity contribution is 6.40. The molecular weight excluding hydrogens is 266 g/mol. The molecule has 0 bridgehead atoms. The van der Waals surface area contributed by atoms with Crippen molar-refractivity contribution in [2.24, 2.45) is 0 Å². The molecule has 0 unspecified atom stereocenters. The van der Waals surface area contributed by atoms with E-state index in [2.05, 4.69) is 0 Å². The maximum absolute atomic E-state index is 6.06. The van der Waals surface area contributed by atoms with Crippen LogP contribution in [0.15, 0.2) is 34.7 Å². The van der Waals surface area contributed by atoms with E-state index in [-0.39, 0.29) is 0 Å². The van der Waals surface area contributed by atoms with E-state index in [1.165, 1.54) is 0 Å². The maximum atomic E-state index is 6.06. The molecule has 0 aliphatic heterocycles. The Balaban J connectivity index is 2.61. The number of benzene rings is 2. The van der Waals surface area contributed by atoms with Gasteiger partial charge < -0.3 is 4.42 Å². The summed E-state index contributed by atoms with van der Waals surface area (Å²) in [6, 6.07) is 9.06. The van der Waals surface area contributed by atoms with Crippen LogP contribution in [-0.4, -0.2) is 0 Å². The highest BCUT2D eigenvalue weighted by Gasteiger charge is 2.12. The second-order valence-corrected chi connectivity index (χ2v) is 4.73. The zero-order valence-electron chi connectivity index (χ0n) is 7.93. The van der Waals surface area contributed by atoms with Gasteiger partial charge in [-0.05, 0) is 18.2 Å². The van der Waals surface area contributed by atoms with Gasteiger partial charge in [-0.15, -0.1) is 0 Å². The predicted molar refractivity (Wildman–Crippen MR) is 68.8 cm³/mol. The summed E-state index contributed by atoms with van der Waals surface area (Å²) in [5.41, 5.74) is 1.26. The van der Waals surface area contributed by atoms with E-state index in [1.807, 2.05) is 18.2 Å². The highest BCUT2D eigenvalue weighted by Crippen LogP contribution is 2.38. The second-order valence-electron chi connectivity index (χ2n) is 3.48. The minimum absolute atomic E-state index is 0.495. The molecule has 0 amide bonds. The minimum Gasteiger partial charge on any atom is -0.453 e. The SMILES string of the molecule is Clc1cc(Cl)c2oc3c(Cl)cccc3c2c1. The molecule has 2 aromatic carbocycles. The summed E-state index contributed by atoms with van der Waals surface area (Å²) in [7, 11) is 0. The van der Waals surface area contributed by atoms with E-state index in [9.17, 15) is 0 Å². The van der Waals surface area contributed by atoms with Gasteiger partial charge in [-0.3, -0.25) is 0 Å². The maximum Gasteiger partial charge on any atom is 0.154 e. The lowest BCUT2D eigenvalue weighted by molar-refractivity contribution is 0.669. The Kier molecular flexibility index (Phi) is 2.28. The van der Waals surface area contributed by atoms with E-state index < -0.39 is 0 Å². The van der Waals surface area contributed by atoms with Crippen molar-refractivity contribution >= 4 is 56.7 Å². The molecule has 0 N–H and O–H groups in total. The lowest BCUT2D eigenvalue weighted by Gasteiger charge is -1.93. The monoisotopic (exact) mass is 270 g/mol. The third-order valence-electron chi connectivity index (χ3n) is 2.47. The number of rotatable bonds is 0. The van der Waals surface area contributed by atoms with Crippen molar-refractivity contribution in [1.29, 1.82) is 0 Å². The molecule has 1 nitrogen and oxygen atoms in total. The quantitative estimate of drug-likeness (QED) is 0.523. The first-order valence-corrected chi connectivity index (χ1v) is 5.76. The number of halogens is 3. The van der Waals surface area contributed by atoms with E-state index in [0.717, 1.165) is 10.8 Å². The number of hydrogen-bond donors (Lipinski definition) is 0. The summed E-state index contributed by atoms with van der Waals surface area (Å²) in [5, 5.41) is 3.46. The third-order valence-corrected chi connectivity index (χ3v) is 3.27. The molecule has 0 atom stereocenters. The average Bonchev–Trinajstić information content (AvgIpc) is 2.59. The van der Waals surface area contributed by atoms with Gasteiger partial charge in [0.2, 0.25) is 0 Å². The van der Waals surface area contributed by atoms with E-state index in [1.54, 1.807) is 12.1 Å². The minimum atomic E-state index is 0.495. The van der Waals surface area contributed by atoms with Crippen molar-refractivity contribution < 1.29 is 4.42 Å². The molecule has 0 saturated heterocycles. The fourth-order valence-electron chi connectivity index (χ4n) is 1.79. The van der Waals surface area contributed by atoms with Crippen LogP contribution >= 0.6 is 34.8 Å². The fourth-order valence-corrected chi connectivity index (χ4v) is 2.54. The molecule has 0 aliphatic carbocycles. The Hall–Kier alpha value is -0.890. The van der Waals surface area contributed by atoms with Gasteiger partial charge in [0.15, 0.2) is 11.2 Å². The van der Waals surface area contributed by atoms with Crippen LogP contribution in [0.1, 0.15) is 0 Å². The van der Waals surface area contributed by atoms with Gasteiger partial charge in [-0.1, -0.05) is 46.9 Å². The van der Waals surface area contributed by atoms with Crippen LogP contribution in [0.4, 0.5) is 0 Å². The van der Waals surface area contributed by atoms with Crippen molar-refractivity contribution in [1.82, 2.24) is 0 Å². The molecule has 0 fully saturated rings. The van der Waals surface area contributed by atoms with Crippen LogP contribution < -0.4 is 0 Å². The number of hydrogen-bond acceptors (Lipinski definition) is 1. The van der Waals surface area contributed by atoms with Crippen LogP contribution in [-0.2, 0) is 0 Å². The largest absolute Gasteiger partial charge is 0.453 e. The van der Waals surface area contributed by atoms with Crippen LogP contribution in [0.2, 0.25) is 15.1 Å². The number of para-hydroxylation sites is 1. The normalized spacial score (nSPS) is 11.4. The van der Waals surface area contributed by atoms with Gasteiger partial charge >= 0.3 is 0 Å². The van der Waals surface area contributed by atoms with Gasteiger partial charge in [0, 0.05) is 15.8 Å². The second kappa shape index (κ2) is 3.56. The lowest BCUT2D eigenvalue weighted by Crippen LogP contribution is -1.69. The first-order valence-electron chi connectivity index (χ1n) is 4.62. The summed E-state index contributed by atoms with van der Waals surface area (Å²) < 4.78 is 5.65. The average molecular weight is 272 g/mol. The van der Waals surface area contributed by atoms with Crippen LogP contribution in [0.5, 0.6) is 0 Å². The molecular formula is C12H5Cl3O. The van der Waals surface area contributed by atoms with Crippen LogP contribution in [0, 0.1) is 0 Å². The van der Waals surface area contributed by atoms with Gasteiger partial charge in [-0.25, -0.2) is 0 Å². The van der Waals surface area contributed by atoms with Gasteiger partial charge in [0.05, 0.1) is 10.0 Å². The Morgan fingerprint density at radius 1 is 0.812 bits per heavy atom. The Morgan fingerprint density at radius 3 is 2.38 bits per heavy atom. The smallest absolute Gasteiger partial charge is 0.154 e. The predicted octanol–water partition coefficient (Wildman–Crippen LogP) is 5.55.